The molecule has 0 aliphatic heterocycles. The van der Waals surface area contributed by atoms with Gasteiger partial charge in [0.25, 0.3) is 0 Å². The smallest absolute Gasteiger partial charge is 0.0696 e. The topological polar surface area (TPSA) is 20.2 Å². The van der Waals surface area contributed by atoms with Crippen LogP contribution in [0.1, 0.15) is 57.8 Å². The van der Waals surface area contributed by atoms with Crippen LogP contribution in [0, 0.1) is 11.3 Å². The predicted octanol–water partition coefficient (Wildman–Crippen LogP) is 4.65. The van der Waals surface area contributed by atoms with Crippen LogP contribution in [0.2, 0.25) is 0 Å². The van der Waals surface area contributed by atoms with Crippen LogP contribution in [0.5, 0.6) is 0 Å². The van der Waals surface area contributed by atoms with Crippen molar-refractivity contribution in [1.82, 2.24) is 0 Å². The average Bonchev–Trinajstić information content (AvgIpc) is 2.82. The minimum atomic E-state index is -0.439. The van der Waals surface area contributed by atoms with Crippen molar-refractivity contribution in [3.63, 3.8) is 0 Å². The molecule has 1 aromatic heterocycles. The minimum absolute atomic E-state index is 0.435. The van der Waals surface area contributed by atoms with Gasteiger partial charge in [-0.15, -0.1) is 11.3 Å². The van der Waals surface area contributed by atoms with Crippen LogP contribution in [-0.2, 0) is 6.42 Å². The van der Waals surface area contributed by atoms with Crippen LogP contribution < -0.4 is 0 Å². The standard InChI is InChI=1S/C16H26OS/c1-4-15(2,3)13-7-9-16(17,10-8-13)12-14-6-5-11-18-14/h5-6,11,13,17H,4,7-10,12H2,1-3H3. The predicted molar refractivity (Wildman–Crippen MR) is 79.0 cm³/mol. The van der Waals surface area contributed by atoms with Crippen LogP contribution in [0.25, 0.3) is 0 Å². The van der Waals surface area contributed by atoms with Crippen molar-refractivity contribution in [2.45, 2.75) is 64.9 Å². The summed E-state index contributed by atoms with van der Waals surface area (Å²) in [6.45, 7) is 7.04. The molecule has 1 fully saturated rings. The summed E-state index contributed by atoms with van der Waals surface area (Å²) in [5.74, 6) is 0.783. The fourth-order valence-corrected chi connectivity index (χ4v) is 3.98. The molecule has 1 nitrogen and oxygen atoms in total. The minimum Gasteiger partial charge on any atom is -0.390 e. The molecule has 1 aromatic rings. The SMILES string of the molecule is CCC(C)(C)C1CCC(O)(Cc2cccs2)CC1. The third kappa shape index (κ3) is 3.16. The zero-order valence-corrected chi connectivity index (χ0v) is 12.7. The number of thiophene rings is 1. The maximum absolute atomic E-state index is 10.7. The zero-order chi connectivity index (χ0) is 13.2. The summed E-state index contributed by atoms with van der Waals surface area (Å²) in [5.41, 5.74) is -0.00453. The second kappa shape index (κ2) is 5.34. The van der Waals surface area contributed by atoms with Crippen LogP contribution in [-0.4, -0.2) is 10.7 Å². The highest BCUT2D eigenvalue weighted by Gasteiger charge is 2.38. The largest absolute Gasteiger partial charge is 0.390 e. The third-order valence-electron chi connectivity index (χ3n) is 5.02. The van der Waals surface area contributed by atoms with Crippen LogP contribution in [0.4, 0.5) is 0 Å². The second-order valence-corrected chi connectivity index (χ2v) is 7.63. The summed E-state index contributed by atoms with van der Waals surface area (Å²) < 4.78 is 0. The van der Waals surface area contributed by atoms with E-state index in [0.717, 1.165) is 25.2 Å². The van der Waals surface area contributed by atoms with Crippen LogP contribution in [0.15, 0.2) is 17.5 Å². The summed E-state index contributed by atoms with van der Waals surface area (Å²) in [6, 6.07) is 4.22. The Bertz CT molecular complexity index is 358. The Morgan fingerprint density at radius 1 is 1.39 bits per heavy atom. The van der Waals surface area contributed by atoms with Crippen molar-refractivity contribution in [2.24, 2.45) is 11.3 Å². The lowest BCUT2D eigenvalue weighted by Crippen LogP contribution is -2.39. The van der Waals surface area contributed by atoms with E-state index in [9.17, 15) is 5.11 Å². The summed E-state index contributed by atoms with van der Waals surface area (Å²) >= 11 is 1.77. The molecule has 0 amide bonds. The van der Waals surface area contributed by atoms with Crippen molar-refractivity contribution in [2.75, 3.05) is 0 Å². The molecule has 0 aromatic carbocycles. The molecule has 0 bridgehead atoms. The van der Waals surface area contributed by atoms with Crippen molar-refractivity contribution in [1.29, 1.82) is 0 Å². The Balaban J connectivity index is 1.93. The van der Waals surface area contributed by atoms with E-state index < -0.39 is 5.60 Å². The van der Waals surface area contributed by atoms with Gasteiger partial charge in [-0.2, -0.15) is 0 Å². The van der Waals surface area contributed by atoms with E-state index in [1.54, 1.807) is 11.3 Å². The Kier molecular flexibility index (Phi) is 4.18. The van der Waals surface area contributed by atoms with Gasteiger partial charge in [-0.05, 0) is 48.5 Å². The number of hydrogen-bond acceptors (Lipinski definition) is 2. The van der Waals surface area contributed by atoms with E-state index in [4.69, 9.17) is 0 Å². The first-order chi connectivity index (χ1) is 8.45. The van der Waals surface area contributed by atoms with Gasteiger partial charge in [-0.25, -0.2) is 0 Å². The lowest BCUT2D eigenvalue weighted by molar-refractivity contribution is -0.0270. The van der Waals surface area contributed by atoms with E-state index in [1.807, 2.05) is 0 Å². The molecule has 0 saturated heterocycles. The molecule has 0 radical (unpaired) electrons. The van der Waals surface area contributed by atoms with Crippen LogP contribution in [0.3, 0.4) is 0 Å². The van der Waals surface area contributed by atoms with Gasteiger partial charge in [0.05, 0.1) is 5.60 Å². The molecule has 0 spiro atoms. The lowest BCUT2D eigenvalue weighted by Gasteiger charge is -2.42. The molecule has 0 unspecified atom stereocenters. The number of hydrogen-bond donors (Lipinski definition) is 1. The number of aliphatic hydroxyl groups is 1. The van der Waals surface area contributed by atoms with E-state index in [-0.39, 0.29) is 0 Å². The maximum Gasteiger partial charge on any atom is 0.0696 e. The average molecular weight is 266 g/mol. The Labute approximate surface area is 115 Å². The lowest BCUT2D eigenvalue weighted by atomic mass is 9.66. The Morgan fingerprint density at radius 3 is 2.56 bits per heavy atom. The van der Waals surface area contributed by atoms with E-state index in [2.05, 4.69) is 38.3 Å². The van der Waals surface area contributed by atoms with Crippen molar-refractivity contribution < 1.29 is 5.11 Å². The molecular formula is C16H26OS. The molecule has 18 heavy (non-hydrogen) atoms. The van der Waals surface area contributed by atoms with Crippen molar-refractivity contribution in [3.8, 4) is 0 Å². The monoisotopic (exact) mass is 266 g/mol. The Hall–Kier alpha value is -0.340. The van der Waals surface area contributed by atoms with Gasteiger partial charge in [0, 0.05) is 11.3 Å². The van der Waals surface area contributed by atoms with Gasteiger partial charge >= 0.3 is 0 Å². The summed E-state index contributed by atoms with van der Waals surface area (Å²) in [5, 5.41) is 12.8. The van der Waals surface area contributed by atoms with E-state index in [0.29, 0.717) is 5.41 Å². The molecule has 2 heteroatoms. The van der Waals surface area contributed by atoms with E-state index >= 15 is 0 Å². The highest BCUT2D eigenvalue weighted by Crippen LogP contribution is 2.44. The normalized spacial score (nSPS) is 29.4. The van der Waals surface area contributed by atoms with Gasteiger partial charge in [0.1, 0.15) is 0 Å². The molecule has 102 valence electrons. The van der Waals surface area contributed by atoms with Gasteiger partial charge in [-0.1, -0.05) is 33.3 Å². The molecule has 2 rings (SSSR count). The van der Waals surface area contributed by atoms with Gasteiger partial charge in [-0.3, -0.25) is 0 Å². The highest BCUT2D eigenvalue weighted by atomic mass is 32.1. The Morgan fingerprint density at radius 2 is 2.06 bits per heavy atom. The van der Waals surface area contributed by atoms with Crippen LogP contribution >= 0.6 is 11.3 Å². The van der Waals surface area contributed by atoms with Crippen molar-refractivity contribution >= 4 is 11.3 Å². The summed E-state index contributed by atoms with van der Waals surface area (Å²) in [6.07, 6.45) is 6.40. The zero-order valence-electron chi connectivity index (χ0n) is 11.9. The molecule has 1 saturated carbocycles. The maximum atomic E-state index is 10.7. The van der Waals surface area contributed by atoms with Gasteiger partial charge < -0.3 is 5.11 Å². The summed E-state index contributed by atoms with van der Waals surface area (Å²) in [4.78, 5) is 1.32. The second-order valence-electron chi connectivity index (χ2n) is 6.60. The molecule has 1 heterocycles. The molecule has 0 atom stereocenters. The van der Waals surface area contributed by atoms with Gasteiger partial charge in [0.2, 0.25) is 0 Å². The first-order valence-electron chi connectivity index (χ1n) is 7.20. The van der Waals surface area contributed by atoms with Gasteiger partial charge in [0.15, 0.2) is 0 Å². The fourth-order valence-electron chi connectivity index (χ4n) is 3.14. The van der Waals surface area contributed by atoms with Crippen molar-refractivity contribution in [3.05, 3.63) is 22.4 Å². The highest BCUT2D eigenvalue weighted by molar-refractivity contribution is 7.09. The molecule has 1 aliphatic rings. The third-order valence-corrected chi connectivity index (χ3v) is 5.89. The van der Waals surface area contributed by atoms with E-state index in [1.165, 1.54) is 24.1 Å². The fraction of sp³-hybridized carbons (Fsp3) is 0.750. The quantitative estimate of drug-likeness (QED) is 0.841. The summed E-state index contributed by atoms with van der Waals surface area (Å²) in [7, 11) is 0. The first kappa shape index (κ1) is 14.1. The number of rotatable bonds is 4. The molecule has 1 aliphatic carbocycles. The molecular weight excluding hydrogens is 240 g/mol. The first-order valence-corrected chi connectivity index (χ1v) is 8.08. The molecule has 1 N–H and O–H groups in total.